The summed E-state index contributed by atoms with van der Waals surface area (Å²) in [6.45, 7) is 22.4. The molecule has 0 unspecified atom stereocenters. The van der Waals surface area contributed by atoms with Gasteiger partial charge in [0.05, 0.1) is 0 Å². The Morgan fingerprint density at radius 1 is 0.588 bits per heavy atom. The molecule has 0 aromatic carbocycles. The van der Waals surface area contributed by atoms with Crippen LogP contribution in [-0.2, 0) is 26.4 Å². The molecule has 7 heteroatoms. The zero-order valence-electron chi connectivity index (χ0n) is 11.9. The van der Waals surface area contributed by atoms with Crippen LogP contribution in [0, 0.1) is 13.3 Å². The number of rotatable bonds is 0. The summed E-state index contributed by atoms with van der Waals surface area (Å²) in [6, 6.07) is 0. The van der Waals surface area contributed by atoms with Gasteiger partial charge in [-0.1, -0.05) is 0 Å². The summed E-state index contributed by atoms with van der Waals surface area (Å²) >= 11 is 5.25. The maximum Gasteiger partial charge on any atom is 0 e. The summed E-state index contributed by atoms with van der Waals surface area (Å²) in [5.74, 6) is 3.75. The Hall–Kier alpha value is 1.90. The first-order chi connectivity index (χ1) is 7.46. The van der Waals surface area contributed by atoms with E-state index in [4.69, 9.17) is 9.30 Å². The normalized spacial score (nSPS) is 5.18. The van der Waals surface area contributed by atoms with Crippen molar-refractivity contribution in [1.82, 2.24) is 0 Å². The average molecular weight is 452 g/mol. The molecule has 0 amide bonds. The molecule has 17 heavy (non-hydrogen) atoms. The van der Waals surface area contributed by atoms with E-state index in [1.54, 1.807) is 0 Å². The van der Waals surface area contributed by atoms with Crippen molar-refractivity contribution in [2.45, 2.75) is 11.6 Å². The Bertz CT molecular complexity index is 85.3. The second-order valence-corrected chi connectivity index (χ2v) is 8.05. The van der Waals surface area contributed by atoms with E-state index in [0.717, 1.165) is 0 Å². The average Bonchev–Trinajstić information content (AvgIpc) is 2.27. The molecule has 2 radical (unpaired) electrons. The van der Waals surface area contributed by atoms with Crippen molar-refractivity contribution in [2.24, 2.45) is 0 Å². The van der Waals surface area contributed by atoms with Crippen LogP contribution in [-0.4, -0.2) is 72.0 Å². The van der Waals surface area contributed by atoms with Gasteiger partial charge in [0.1, 0.15) is 0 Å². The third-order valence-electron chi connectivity index (χ3n) is 0. The second-order valence-electron chi connectivity index (χ2n) is 2.68. The van der Waals surface area contributed by atoms with Crippen molar-refractivity contribution in [3.8, 4) is 0 Å². The second kappa shape index (κ2) is 81.9. The Morgan fingerprint density at radius 2 is 0.588 bits per heavy atom. The third-order valence-corrected chi connectivity index (χ3v) is 0. The zero-order chi connectivity index (χ0) is 15.2. The van der Waals surface area contributed by atoms with Crippen molar-refractivity contribution < 1.29 is 26.4 Å². The maximum absolute atomic E-state index is 7.50. The van der Waals surface area contributed by atoms with Crippen LogP contribution in [0.2, 0.25) is 11.6 Å². The molecule has 0 aliphatic rings. The first kappa shape index (κ1) is 42.8. The van der Waals surface area contributed by atoms with Crippen LogP contribution in [0.4, 0.5) is 0 Å². The van der Waals surface area contributed by atoms with Gasteiger partial charge in [0.25, 0.3) is 0 Å². The van der Waals surface area contributed by atoms with Crippen LogP contribution < -0.4 is 0 Å². The van der Waals surface area contributed by atoms with E-state index in [-0.39, 0.29) is 17.1 Å². The van der Waals surface area contributed by atoms with Crippen LogP contribution in [0.1, 0.15) is 0 Å². The molecule has 0 saturated heterocycles. The molecule has 0 aliphatic carbocycles. The maximum atomic E-state index is 7.50. The van der Waals surface area contributed by atoms with Gasteiger partial charge in [-0.25, -0.2) is 0 Å². The van der Waals surface area contributed by atoms with Gasteiger partial charge < -0.3 is 0 Å². The molecule has 0 atom stereocenters. The van der Waals surface area contributed by atoms with Crippen molar-refractivity contribution in [3.05, 3.63) is 13.3 Å². The Kier molecular flexibility index (Phi) is 206. The zero-order valence-corrected chi connectivity index (χ0v) is 18.2. The van der Waals surface area contributed by atoms with Crippen molar-refractivity contribution >= 4 is 47.9 Å². The first-order valence-corrected chi connectivity index (χ1v) is 12.7. The van der Waals surface area contributed by atoms with Crippen molar-refractivity contribution in [3.63, 3.8) is 0 Å². The molecular weight excluding hydrogens is 428 g/mol. The molecule has 0 aromatic heterocycles. The molecular formula is C10H24FeO2P2Se2. The van der Waals surface area contributed by atoms with E-state index in [9.17, 15) is 0 Å². The van der Waals surface area contributed by atoms with Crippen molar-refractivity contribution in [2.75, 3.05) is 40.0 Å². The van der Waals surface area contributed by atoms with Gasteiger partial charge in [-0.3, -0.25) is 0 Å². The Balaban J connectivity index is -0.0000000146. The minimum Gasteiger partial charge on any atom is 0 e. The van der Waals surface area contributed by atoms with E-state index in [0.29, 0.717) is 15.8 Å². The van der Waals surface area contributed by atoms with Crippen LogP contribution in [0.15, 0.2) is 0 Å². The van der Waals surface area contributed by atoms with Gasteiger partial charge in [-0.2, -0.15) is 0 Å². The minimum atomic E-state index is 0. The van der Waals surface area contributed by atoms with Crippen LogP contribution in [0.25, 0.3) is 0 Å². The van der Waals surface area contributed by atoms with Gasteiger partial charge in [-0.15, -0.1) is 15.8 Å². The largest absolute Gasteiger partial charge is 0 e. The fourth-order valence-corrected chi connectivity index (χ4v) is 0. The third kappa shape index (κ3) is 1260. The summed E-state index contributed by atoms with van der Waals surface area (Å²) in [5.41, 5.74) is 0. The summed E-state index contributed by atoms with van der Waals surface area (Å²) in [6.07, 6.45) is 0. The summed E-state index contributed by atoms with van der Waals surface area (Å²) in [5, 5.41) is 0. The first-order valence-electron chi connectivity index (χ1n) is 3.91. The molecule has 0 aliphatic heterocycles. The van der Waals surface area contributed by atoms with E-state index >= 15 is 0 Å². The number of hydrogen-bond donors (Lipinski definition) is 0. The van der Waals surface area contributed by atoms with E-state index in [1.807, 2.05) is 11.6 Å². The predicted octanol–water partition coefficient (Wildman–Crippen LogP) is 3.04. The molecule has 0 saturated carbocycles. The van der Waals surface area contributed by atoms with Gasteiger partial charge >= 0.3 is 66.3 Å². The summed E-state index contributed by atoms with van der Waals surface area (Å²) in [7, 11) is 0.759. The van der Waals surface area contributed by atoms with Gasteiger partial charge in [0.15, 0.2) is 0 Å². The quantitative estimate of drug-likeness (QED) is 0.235. The molecule has 0 N–H and O–H groups in total. The smallest absolute Gasteiger partial charge is 0 e. The molecule has 106 valence electrons. The van der Waals surface area contributed by atoms with Gasteiger partial charge in [-0.05, 0) is 40.0 Å². The predicted molar refractivity (Wildman–Crippen MR) is 80.5 cm³/mol. The monoisotopic (exact) mass is 454 g/mol. The van der Waals surface area contributed by atoms with E-state index in [1.165, 1.54) is 0 Å². The molecule has 2 nitrogen and oxygen atoms in total. The van der Waals surface area contributed by atoms with E-state index < -0.39 is 0 Å². The SMILES string of the molecule is CP(C)C.CP(C)C.C[Se].C[Se].[C-]#[O+].[C-]#[O+].[Fe]. The van der Waals surface area contributed by atoms with Crippen molar-refractivity contribution in [1.29, 1.82) is 0 Å². The Labute approximate surface area is 138 Å². The van der Waals surface area contributed by atoms with Crippen LogP contribution >= 0.6 is 15.8 Å². The molecule has 0 bridgehead atoms. The molecule has 0 heterocycles. The number of hydrogen-bond acceptors (Lipinski definition) is 0. The molecule has 0 fully saturated rings. The van der Waals surface area contributed by atoms with Crippen LogP contribution in [0.5, 0.6) is 0 Å². The van der Waals surface area contributed by atoms with E-state index in [2.05, 4.69) is 85.3 Å². The Morgan fingerprint density at radius 3 is 0.588 bits per heavy atom. The van der Waals surface area contributed by atoms with Gasteiger partial charge in [0.2, 0.25) is 0 Å². The molecule has 0 rings (SSSR count). The minimum absolute atomic E-state index is 0. The molecule has 0 aromatic rings. The fraction of sp³-hybridized carbons (Fsp3) is 0.800. The summed E-state index contributed by atoms with van der Waals surface area (Å²) in [4.78, 5) is 0. The fourth-order valence-electron chi connectivity index (χ4n) is 0. The standard InChI is InChI=1S/2C3H9P.2CO.2CH3Se.Fe/c2*1-4(2)3;4*1-2;/h2*1-3H3;;;2*1H3;. The summed E-state index contributed by atoms with van der Waals surface area (Å²) < 4.78 is 15.0. The topological polar surface area (TPSA) is 39.8 Å². The van der Waals surface area contributed by atoms with Gasteiger partial charge in [0, 0.05) is 17.1 Å². The molecule has 0 spiro atoms. The van der Waals surface area contributed by atoms with Crippen LogP contribution in [0.3, 0.4) is 0 Å².